The Bertz CT molecular complexity index is 961. The molecule has 0 aliphatic heterocycles. The third kappa shape index (κ3) is 4.16. The zero-order valence-electron chi connectivity index (χ0n) is 18.0. The van der Waals surface area contributed by atoms with Crippen molar-refractivity contribution in [1.82, 2.24) is 0 Å². The summed E-state index contributed by atoms with van der Waals surface area (Å²) in [7, 11) is -2.86. The highest BCUT2D eigenvalue weighted by molar-refractivity contribution is 6.99. The standard InChI is InChI=1S/C26H28F2OSi/c1-19(2)20-16-24(27)23(25(28)17-20)18-29-30(26(3,4)5,21-12-8-6-9-13-21)22-14-10-7-11-15-22/h6-17H,1,18H2,2-5H3. The van der Waals surface area contributed by atoms with Crippen LogP contribution in [0.2, 0.25) is 5.04 Å². The molecule has 0 aliphatic carbocycles. The second-order valence-corrected chi connectivity index (χ2v) is 13.0. The average molecular weight is 423 g/mol. The molecule has 0 saturated carbocycles. The lowest BCUT2D eigenvalue weighted by molar-refractivity contribution is 0.274. The van der Waals surface area contributed by atoms with E-state index in [0.717, 1.165) is 10.4 Å². The van der Waals surface area contributed by atoms with Crippen LogP contribution in [0.3, 0.4) is 0 Å². The summed E-state index contributed by atoms with van der Waals surface area (Å²) < 4.78 is 36.3. The molecule has 0 fully saturated rings. The molecule has 3 aromatic rings. The Morgan fingerprint density at radius 3 is 1.67 bits per heavy atom. The van der Waals surface area contributed by atoms with Crippen molar-refractivity contribution < 1.29 is 13.2 Å². The van der Waals surface area contributed by atoms with Crippen molar-refractivity contribution in [2.75, 3.05) is 0 Å². The zero-order chi connectivity index (χ0) is 21.9. The summed E-state index contributed by atoms with van der Waals surface area (Å²) in [6.45, 7) is 11.8. The Labute approximate surface area is 179 Å². The first-order valence-corrected chi connectivity index (χ1v) is 12.0. The molecule has 0 aliphatic rings. The van der Waals surface area contributed by atoms with E-state index in [1.807, 2.05) is 36.4 Å². The van der Waals surface area contributed by atoms with Crippen molar-refractivity contribution >= 4 is 24.3 Å². The lowest BCUT2D eigenvalue weighted by Crippen LogP contribution is -2.66. The molecule has 0 amide bonds. The molecular weight excluding hydrogens is 394 g/mol. The van der Waals surface area contributed by atoms with Crippen LogP contribution in [0.1, 0.15) is 38.8 Å². The Balaban J connectivity index is 2.12. The molecule has 0 radical (unpaired) electrons. The van der Waals surface area contributed by atoms with Crippen molar-refractivity contribution in [3.8, 4) is 0 Å². The van der Waals surface area contributed by atoms with E-state index in [1.165, 1.54) is 12.1 Å². The summed E-state index contributed by atoms with van der Waals surface area (Å²) in [5.74, 6) is -1.21. The van der Waals surface area contributed by atoms with Gasteiger partial charge in [-0.1, -0.05) is 93.6 Å². The normalized spacial score (nSPS) is 12.1. The maximum Gasteiger partial charge on any atom is 0.261 e. The molecule has 4 heteroatoms. The minimum absolute atomic E-state index is 0.0482. The molecule has 0 N–H and O–H groups in total. The van der Waals surface area contributed by atoms with Gasteiger partial charge in [0, 0.05) is 5.56 Å². The lowest BCUT2D eigenvalue weighted by atomic mass is 10.1. The number of benzene rings is 3. The molecular formula is C26H28F2OSi. The molecule has 0 atom stereocenters. The second kappa shape index (κ2) is 8.66. The minimum atomic E-state index is -2.86. The molecule has 0 spiro atoms. The van der Waals surface area contributed by atoms with E-state index in [1.54, 1.807) is 6.92 Å². The van der Waals surface area contributed by atoms with Gasteiger partial charge in [-0.3, -0.25) is 0 Å². The number of hydrogen-bond donors (Lipinski definition) is 0. The molecule has 3 rings (SSSR count). The minimum Gasteiger partial charge on any atom is -0.403 e. The van der Waals surface area contributed by atoms with Gasteiger partial charge in [-0.15, -0.1) is 0 Å². The van der Waals surface area contributed by atoms with E-state index < -0.39 is 20.0 Å². The molecule has 1 nitrogen and oxygen atoms in total. The van der Waals surface area contributed by atoms with Crippen LogP contribution in [0.5, 0.6) is 0 Å². The van der Waals surface area contributed by atoms with Crippen LogP contribution in [0.25, 0.3) is 5.57 Å². The van der Waals surface area contributed by atoms with Crippen LogP contribution in [-0.2, 0) is 11.0 Å². The highest BCUT2D eigenvalue weighted by Crippen LogP contribution is 2.37. The van der Waals surface area contributed by atoms with E-state index in [4.69, 9.17) is 4.43 Å². The van der Waals surface area contributed by atoms with Crippen LogP contribution in [-0.4, -0.2) is 8.32 Å². The summed E-state index contributed by atoms with van der Waals surface area (Å²) in [6, 6.07) is 22.8. The van der Waals surface area contributed by atoms with E-state index in [2.05, 4.69) is 51.6 Å². The molecule has 0 unspecified atom stereocenters. The largest absolute Gasteiger partial charge is 0.403 e. The molecule has 0 heterocycles. The van der Waals surface area contributed by atoms with Crippen molar-refractivity contribution in [3.63, 3.8) is 0 Å². The first-order valence-electron chi connectivity index (χ1n) is 10.1. The monoisotopic (exact) mass is 422 g/mol. The van der Waals surface area contributed by atoms with E-state index >= 15 is 0 Å². The number of halogens is 2. The van der Waals surface area contributed by atoms with Gasteiger partial charge in [-0.25, -0.2) is 8.78 Å². The number of hydrogen-bond acceptors (Lipinski definition) is 1. The van der Waals surface area contributed by atoms with Crippen molar-refractivity contribution in [2.24, 2.45) is 0 Å². The van der Waals surface area contributed by atoms with Crippen molar-refractivity contribution in [1.29, 1.82) is 0 Å². The summed E-state index contributed by atoms with van der Waals surface area (Å²) in [5, 5.41) is 1.88. The van der Waals surface area contributed by atoms with Crippen molar-refractivity contribution in [3.05, 3.63) is 102 Å². The third-order valence-corrected chi connectivity index (χ3v) is 10.5. The first kappa shape index (κ1) is 22.1. The molecule has 30 heavy (non-hydrogen) atoms. The van der Waals surface area contributed by atoms with E-state index in [0.29, 0.717) is 11.1 Å². The molecule has 3 aromatic carbocycles. The van der Waals surface area contributed by atoms with Crippen LogP contribution in [0, 0.1) is 11.6 Å². The molecule has 156 valence electrons. The lowest BCUT2D eigenvalue weighted by Gasteiger charge is -2.43. The Hall–Kier alpha value is -2.56. The summed E-state index contributed by atoms with van der Waals surface area (Å²) in [6.07, 6.45) is 0. The van der Waals surface area contributed by atoms with Gasteiger partial charge >= 0.3 is 0 Å². The summed E-state index contributed by atoms with van der Waals surface area (Å²) in [4.78, 5) is 0. The van der Waals surface area contributed by atoms with Gasteiger partial charge in [0.15, 0.2) is 0 Å². The summed E-state index contributed by atoms with van der Waals surface area (Å²) >= 11 is 0. The van der Waals surface area contributed by atoms with Crippen LogP contribution < -0.4 is 10.4 Å². The number of allylic oxidation sites excluding steroid dienone is 1. The number of rotatable bonds is 6. The first-order chi connectivity index (χ1) is 14.2. The van der Waals surface area contributed by atoms with Gasteiger partial charge < -0.3 is 4.43 Å². The Kier molecular flexibility index (Phi) is 6.39. The fourth-order valence-electron chi connectivity index (χ4n) is 3.93. The predicted molar refractivity (Wildman–Crippen MR) is 123 cm³/mol. The predicted octanol–water partition coefficient (Wildman–Crippen LogP) is 6.07. The molecule has 0 bridgehead atoms. The third-order valence-electron chi connectivity index (χ3n) is 5.48. The maximum absolute atomic E-state index is 14.8. The average Bonchev–Trinajstić information content (AvgIpc) is 2.70. The fraction of sp³-hybridized carbons (Fsp3) is 0.231. The van der Waals surface area contributed by atoms with Crippen LogP contribution in [0.15, 0.2) is 79.4 Å². The Morgan fingerprint density at radius 1 is 0.867 bits per heavy atom. The van der Waals surface area contributed by atoms with Crippen LogP contribution >= 0.6 is 0 Å². The summed E-state index contributed by atoms with van der Waals surface area (Å²) in [5.41, 5.74) is 1.03. The highest BCUT2D eigenvalue weighted by Gasteiger charge is 2.50. The van der Waals surface area contributed by atoms with E-state index in [-0.39, 0.29) is 17.2 Å². The topological polar surface area (TPSA) is 9.23 Å². The zero-order valence-corrected chi connectivity index (χ0v) is 19.0. The van der Waals surface area contributed by atoms with E-state index in [9.17, 15) is 8.78 Å². The van der Waals surface area contributed by atoms with Gasteiger partial charge in [0.25, 0.3) is 8.32 Å². The smallest absolute Gasteiger partial charge is 0.261 e. The van der Waals surface area contributed by atoms with Gasteiger partial charge in [0.05, 0.1) is 6.61 Å². The molecule has 0 aromatic heterocycles. The van der Waals surface area contributed by atoms with Gasteiger partial charge in [0.2, 0.25) is 0 Å². The molecule has 0 saturated heterocycles. The second-order valence-electron chi connectivity index (χ2n) is 8.65. The maximum atomic E-state index is 14.8. The quantitative estimate of drug-likeness (QED) is 0.438. The fourth-order valence-corrected chi connectivity index (χ4v) is 8.45. The van der Waals surface area contributed by atoms with Gasteiger partial charge in [-0.05, 0) is 40.0 Å². The van der Waals surface area contributed by atoms with Crippen molar-refractivity contribution in [2.45, 2.75) is 39.3 Å². The SMILES string of the molecule is C=C(C)c1cc(F)c(CO[Si](c2ccccc2)(c2ccccc2)C(C)(C)C)c(F)c1. The van der Waals surface area contributed by atoms with Crippen LogP contribution in [0.4, 0.5) is 8.78 Å². The van der Waals surface area contributed by atoms with Gasteiger partial charge in [-0.2, -0.15) is 0 Å². The highest BCUT2D eigenvalue weighted by atomic mass is 28.4. The van der Waals surface area contributed by atoms with Gasteiger partial charge in [0.1, 0.15) is 11.6 Å². The Morgan fingerprint density at radius 2 is 1.30 bits per heavy atom.